The molecule has 1 aromatic rings. The molecular weight excluding hydrogens is 280 g/mol. The van der Waals surface area contributed by atoms with Crippen molar-refractivity contribution in [3.8, 4) is 0 Å². The number of carbonyl (C=O) groups is 1. The van der Waals surface area contributed by atoms with Gasteiger partial charge in [0.1, 0.15) is 10.6 Å². The third-order valence-corrected chi connectivity index (χ3v) is 5.33. The molecule has 2 rings (SSSR count). The van der Waals surface area contributed by atoms with Crippen LogP contribution in [0.15, 0.2) is 17.2 Å². The number of primary amides is 1. The summed E-state index contributed by atoms with van der Waals surface area (Å²) < 4.78 is 27.9. The normalized spacial score (nSPS) is 24.8. The van der Waals surface area contributed by atoms with Crippen molar-refractivity contribution in [2.45, 2.75) is 24.3 Å². The lowest BCUT2D eigenvalue weighted by Crippen LogP contribution is -2.48. The van der Waals surface area contributed by atoms with E-state index in [1.807, 2.05) is 6.92 Å². The summed E-state index contributed by atoms with van der Waals surface area (Å²) in [5, 5.41) is 0. The number of nitrogens with two attached hydrogens (primary N) is 2. The molecule has 4 N–H and O–H groups in total. The van der Waals surface area contributed by atoms with Gasteiger partial charge in [-0.25, -0.2) is 8.42 Å². The summed E-state index contributed by atoms with van der Waals surface area (Å²) in [6.07, 6.45) is 2.22. The van der Waals surface area contributed by atoms with Gasteiger partial charge in [0.05, 0.1) is 0 Å². The number of aryl methyl sites for hydroxylation is 1. The highest BCUT2D eigenvalue weighted by Gasteiger charge is 2.33. The fraction of sp³-hybridized carbons (Fsp3) is 0.583. The highest BCUT2D eigenvalue weighted by atomic mass is 32.2. The van der Waals surface area contributed by atoms with Crippen LogP contribution in [0.4, 0.5) is 0 Å². The first-order chi connectivity index (χ1) is 9.21. The summed E-state index contributed by atoms with van der Waals surface area (Å²) in [6.45, 7) is 2.71. The standard InChI is InChI=1S/C12H20N4O3S/c1-8-3-9(13)6-16(5-8)20(18,19)10-4-11(12(14)17)15(2)7-10/h4,7-9H,3,5-6,13H2,1-2H3,(H2,14,17). The van der Waals surface area contributed by atoms with Crippen LogP contribution in [0.2, 0.25) is 0 Å². The minimum Gasteiger partial charge on any atom is -0.364 e. The van der Waals surface area contributed by atoms with Gasteiger partial charge in [0, 0.05) is 32.4 Å². The Bertz CT molecular complexity index is 613. The topological polar surface area (TPSA) is 111 Å². The summed E-state index contributed by atoms with van der Waals surface area (Å²) in [6, 6.07) is 1.15. The molecule has 8 heteroatoms. The fourth-order valence-electron chi connectivity index (χ4n) is 2.62. The van der Waals surface area contributed by atoms with Crippen molar-refractivity contribution in [1.82, 2.24) is 8.87 Å². The van der Waals surface area contributed by atoms with Gasteiger partial charge in [0.25, 0.3) is 5.91 Å². The SMILES string of the molecule is CC1CC(N)CN(S(=O)(=O)c2cc(C(N)=O)n(C)c2)C1. The third-order valence-electron chi connectivity index (χ3n) is 3.53. The number of carbonyl (C=O) groups excluding carboxylic acids is 1. The van der Waals surface area contributed by atoms with Crippen LogP contribution >= 0.6 is 0 Å². The average molecular weight is 300 g/mol. The number of hydrogen-bond donors (Lipinski definition) is 2. The highest BCUT2D eigenvalue weighted by molar-refractivity contribution is 7.89. The molecule has 2 unspecified atom stereocenters. The smallest absolute Gasteiger partial charge is 0.265 e. The van der Waals surface area contributed by atoms with Crippen molar-refractivity contribution in [1.29, 1.82) is 0 Å². The second kappa shape index (κ2) is 5.19. The molecule has 1 aliphatic heterocycles. The van der Waals surface area contributed by atoms with E-state index in [0.29, 0.717) is 13.1 Å². The van der Waals surface area contributed by atoms with E-state index in [0.717, 1.165) is 6.42 Å². The van der Waals surface area contributed by atoms with E-state index in [-0.39, 0.29) is 22.5 Å². The summed E-state index contributed by atoms with van der Waals surface area (Å²) in [7, 11) is -2.05. The summed E-state index contributed by atoms with van der Waals surface area (Å²) in [4.78, 5) is 11.3. The molecule has 1 aliphatic rings. The summed E-state index contributed by atoms with van der Waals surface area (Å²) in [5.41, 5.74) is 11.3. The lowest BCUT2D eigenvalue weighted by Gasteiger charge is -2.33. The Morgan fingerprint density at radius 2 is 2.05 bits per heavy atom. The van der Waals surface area contributed by atoms with Gasteiger partial charge in [0.15, 0.2) is 0 Å². The van der Waals surface area contributed by atoms with E-state index in [1.54, 1.807) is 7.05 Å². The maximum Gasteiger partial charge on any atom is 0.265 e. The van der Waals surface area contributed by atoms with Crippen LogP contribution in [0, 0.1) is 5.92 Å². The first-order valence-corrected chi connectivity index (χ1v) is 7.87. The van der Waals surface area contributed by atoms with Crippen LogP contribution in [0.3, 0.4) is 0 Å². The molecule has 112 valence electrons. The van der Waals surface area contributed by atoms with E-state index >= 15 is 0 Å². The number of hydrogen-bond acceptors (Lipinski definition) is 4. The molecule has 1 aromatic heterocycles. The van der Waals surface area contributed by atoms with Crippen LogP contribution in [0.5, 0.6) is 0 Å². The van der Waals surface area contributed by atoms with Gasteiger partial charge >= 0.3 is 0 Å². The van der Waals surface area contributed by atoms with Gasteiger partial charge in [-0.05, 0) is 18.4 Å². The van der Waals surface area contributed by atoms with Crippen LogP contribution < -0.4 is 11.5 Å². The maximum absolute atomic E-state index is 12.6. The number of sulfonamides is 1. The number of aromatic nitrogens is 1. The van der Waals surface area contributed by atoms with Crippen LogP contribution in [-0.4, -0.2) is 42.3 Å². The molecule has 1 saturated heterocycles. The second-order valence-electron chi connectivity index (χ2n) is 5.46. The van der Waals surface area contributed by atoms with Crippen LogP contribution in [0.25, 0.3) is 0 Å². The van der Waals surface area contributed by atoms with Gasteiger partial charge in [-0.1, -0.05) is 6.92 Å². The average Bonchev–Trinajstić information content (AvgIpc) is 2.70. The minimum atomic E-state index is -3.64. The van der Waals surface area contributed by atoms with Gasteiger partial charge in [-0.3, -0.25) is 4.79 Å². The van der Waals surface area contributed by atoms with E-state index in [4.69, 9.17) is 11.5 Å². The summed E-state index contributed by atoms with van der Waals surface area (Å²) in [5.74, 6) is -0.439. The van der Waals surface area contributed by atoms with Crippen molar-refractivity contribution >= 4 is 15.9 Å². The molecule has 7 nitrogen and oxygen atoms in total. The molecule has 0 radical (unpaired) electrons. The predicted octanol–water partition coefficient (Wildman–Crippen LogP) is -0.518. The first kappa shape index (κ1) is 15.0. The lowest BCUT2D eigenvalue weighted by molar-refractivity contribution is 0.0992. The second-order valence-corrected chi connectivity index (χ2v) is 7.40. The first-order valence-electron chi connectivity index (χ1n) is 6.43. The van der Waals surface area contributed by atoms with Gasteiger partial charge < -0.3 is 16.0 Å². The molecule has 1 amide bonds. The molecule has 0 bridgehead atoms. The van der Waals surface area contributed by atoms with Gasteiger partial charge in [-0.2, -0.15) is 4.31 Å². The van der Waals surface area contributed by atoms with Crippen molar-refractivity contribution in [2.75, 3.05) is 13.1 Å². The Balaban J connectivity index is 2.35. The largest absolute Gasteiger partial charge is 0.364 e. The van der Waals surface area contributed by atoms with Crippen LogP contribution in [0.1, 0.15) is 23.8 Å². The molecule has 0 aromatic carbocycles. The monoisotopic (exact) mass is 300 g/mol. The molecule has 2 heterocycles. The Labute approximate surface area is 118 Å². The molecule has 0 saturated carbocycles. The molecule has 0 spiro atoms. The Morgan fingerprint density at radius 3 is 2.55 bits per heavy atom. The molecular formula is C12H20N4O3S. The zero-order valence-electron chi connectivity index (χ0n) is 11.6. The number of amides is 1. The molecule has 1 fully saturated rings. The molecule has 20 heavy (non-hydrogen) atoms. The molecule has 0 aliphatic carbocycles. The van der Waals surface area contributed by atoms with Gasteiger partial charge in [-0.15, -0.1) is 0 Å². The van der Waals surface area contributed by atoms with Gasteiger partial charge in [0.2, 0.25) is 10.0 Å². The quantitative estimate of drug-likeness (QED) is 0.782. The van der Waals surface area contributed by atoms with Crippen molar-refractivity contribution < 1.29 is 13.2 Å². The fourth-order valence-corrected chi connectivity index (χ4v) is 4.30. The zero-order valence-corrected chi connectivity index (χ0v) is 12.4. The number of rotatable bonds is 3. The van der Waals surface area contributed by atoms with E-state index in [1.165, 1.54) is 21.1 Å². The number of nitrogens with zero attached hydrogens (tertiary/aromatic N) is 2. The third kappa shape index (κ3) is 2.72. The Morgan fingerprint density at radius 1 is 1.40 bits per heavy atom. The van der Waals surface area contributed by atoms with E-state index in [2.05, 4.69) is 0 Å². The van der Waals surface area contributed by atoms with Crippen molar-refractivity contribution in [3.63, 3.8) is 0 Å². The van der Waals surface area contributed by atoms with Crippen molar-refractivity contribution in [2.24, 2.45) is 24.4 Å². The van der Waals surface area contributed by atoms with E-state index < -0.39 is 15.9 Å². The minimum absolute atomic E-state index is 0.0788. The predicted molar refractivity (Wildman–Crippen MR) is 74.4 cm³/mol. The van der Waals surface area contributed by atoms with E-state index in [9.17, 15) is 13.2 Å². The Kier molecular flexibility index (Phi) is 3.90. The van der Waals surface area contributed by atoms with Crippen molar-refractivity contribution in [3.05, 3.63) is 18.0 Å². The molecule has 2 atom stereocenters. The number of piperidine rings is 1. The zero-order chi connectivity index (χ0) is 15.1. The van der Waals surface area contributed by atoms with Crippen LogP contribution in [-0.2, 0) is 17.1 Å². The summed E-state index contributed by atoms with van der Waals surface area (Å²) >= 11 is 0. The highest BCUT2D eigenvalue weighted by Crippen LogP contribution is 2.24. The lowest BCUT2D eigenvalue weighted by atomic mass is 9.99. The maximum atomic E-state index is 12.6. The Hall–Kier alpha value is -1.38.